The van der Waals surface area contributed by atoms with Crippen molar-refractivity contribution >= 4 is 5.96 Å². The lowest BCUT2D eigenvalue weighted by Crippen LogP contribution is -2.40. The second-order valence-corrected chi connectivity index (χ2v) is 5.38. The van der Waals surface area contributed by atoms with Crippen molar-refractivity contribution in [2.24, 2.45) is 10.7 Å². The molecular weight excluding hydrogens is 248 g/mol. The van der Waals surface area contributed by atoms with Gasteiger partial charge in [-0.15, -0.1) is 0 Å². The Labute approximate surface area is 121 Å². The fourth-order valence-corrected chi connectivity index (χ4v) is 2.36. The van der Waals surface area contributed by atoms with Crippen LogP contribution in [0.3, 0.4) is 0 Å². The number of rotatable bonds is 5. The van der Waals surface area contributed by atoms with Crippen LogP contribution in [-0.4, -0.2) is 37.0 Å². The van der Waals surface area contributed by atoms with Gasteiger partial charge in [-0.3, -0.25) is 4.90 Å². The molecule has 3 N–H and O–H groups in total. The summed E-state index contributed by atoms with van der Waals surface area (Å²) in [5, 5.41) is 3.15. The summed E-state index contributed by atoms with van der Waals surface area (Å²) in [5.41, 5.74) is 9.74. The van der Waals surface area contributed by atoms with Crippen molar-refractivity contribution in [2.45, 2.75) is 19.9 Å². The van der Waals surface area contributed by atoms with Gasteiger partial charge in [0.15, 0.2) is 5.96 Å². The zero-order valence-corrected chi connectivity index (χ0v) is 12.2. The molecule has 0 radical (unpaired) electrons. The van der Waals surface area contributed by atoms with Crippen LogP contribution in [0, 0.1) is 0 Å². The molecule has 0 atom stereocenters. The van der Waals surface area contributed by atoms with Crippen LogP contribution >= 0.6 is 0 Å². The second kappa shape index (κ2) is 7.10. The number of nitrogens with two attached hydrogens (primary N) is 1. The van der Waals surface area contributed by atoms with E-state index in [1.165, 1.54) is 11.1 Å². The van der Waals surface area contributed by atoms with Crippen molar-refractivity contribution in [2.75, 3.05) is 26.2 Å². The van der Waals surface area contributed by atoms with E-state index in [4.69, 9.17) is 5.73 Å². The fraction of sp³-hybridized carbons (Fsp3) is 0.438. The number of hydrogen-bond acceptors (Lipinski definition) is 2. The largest absolute Gasteiger partial charge is 0.370 e. The summed E-state index contributed by atoms with van der Waals surface area (Å²) >= 11 is 0. The molecule has 0 unspecified atom stereocenters. The Morgan fingerprint density at radius 3 is 2.90 bits per heavy atom. The summed E-state index contributed by atoms with van der Waals surface area (Å²) in [4.78, 5) is 6.65. The molecule has 2 rings (SSSR count). The minimum absolute atomic E-state index is 0.505. The Bertz CT molecular complexity index is 493. The van der Waals surface area contributed by atoms with Gasteiger partial charge in [0, 0.05) is 26.2 Å². The number of guanidine groups is 1. The van der Waals surface area contributed by atoms with Crippen molar-refractivity contribution < 1.29 is 0 Å². The molecule has 4 heteroatoms. The molecule has 1 aliphatic rings. The number of aliphatic imine (C=N–C) groups is 1. The maximum absolute atomic E-state index is 5.79. The van der Waals surface area contributed by atoms with E-state index in [-0.39, 0.29) is 0 Å². The second-order valence-electron chi connectivity index (χ2n) is 5.38. The number of nitrogens with zero attached hydrogens (tertiary/aromatic N) is 2. The standard InChI is InChI=1S/C16H24N4/c1-13(2)11-19-16(17)18-8-10-20-9-7-14-5-3-4-6-15(14)12-20/h3-6H,1,7-12H2,2H3,(H3,17,18,19). The summed E-state index contributed by atoms with van der Waals surface area (Å²) in [6.07, 6.45) is 1.13. The van der Waals surface area contributed by atoms with Crippen LogP contribution < -0.4 is 11.1 Å². The highest BCUT2D eigenvalue weighted by Crippen LogP contribution is 2.17. The molecule has 20 heavy (non-hydrogen) atoms. The van der Waals surface area contributed by atoms with E-state index < -0.39 is 0 Å². The first kappa shape index (κ1) is 14.6. The minimum Gasteiger partial charge on any atom is -0.370 e. The molecule has 0 aromatic heterocycles. The van der Waals surface area contributed by atoms with Gasteiger partial charge in [0.2, 0.25) is 0 Å². The SMILES string of the molecule is C=C(C)CN=C(N)NCCN1CCc2ccccc2C1. The summed E-state index contributed by atoms with van der Waals surface area (Å²) in [5.74, 6) is 0.505. The summed E-state index contributed by atoms with van der Waals surface area (Å²) in [6.45, 7) is 10.3. The lowest BCUT2D eigenvalue weighted by Gasteiger charge is -2.28. The average molecular weight is 272 g/mol. The molecule has 0 fully saturated rings. The van der Waals surface area contributed by atoms with Gasteiger partial charge in [0.05, 0.1) is 6.54 Å². The Kier molecular flexibility index (Phi) is 5.18. The lowest BCUT2D eigenvalue weighted by atomic mass is 10.00. The van der Waals surface area contributed by atoms with E-state index in [1.807, 2.05) is 6.92 Å². The van der Waals surface area contributed by atoms with Crippen molar-refractivity contribution in [3.63, 3.8) is 0 Å². The topological polar surface area (TPSA) is 53.6 Å². The molecule has 1 aromatic carbocycles. The predicted octanol–water partition coefficient (Wildman–Crippen LogP) is 1.53. The quantitative estimate of drug-likeness (QED) is 0.485. The molecule has 0 saturated heterocycles. The molecule has 0 spiro atoms. The Morgan fingerprint density at radius 2 is 2.15 bits per heavy atom. The molecule has 0 aliphatic carbocycles. The zero-order chi connectivity index (χ0) is 14.4. The van der Waals surface area contributed by atoms with Crippen molar-refractivity contribution in [3.8, 4) is 0 Å². The fourth-order valence-electron chi connectivity index (χ4n) is 2.36. The Balaban J connectivity index is 1.74. The van der Waals surface area contributed by atoms with Crippen molar-refractivity contribution in [1.82, 2.24) is 10.2 Å². The normalized spacial score (nSPS) is 15.8. The first-order valence-electron chi connectivity index (χ1n) is 7.12. The van der Waals surface area contributed by atoms with Crippen LogP contribution in [0.4, 0.5) is 0 Å². The molecular formula is C16H24N4. The highest BCUT2D eigenvalue weighted by molar-refractivity contribution is 5.77. The first-order chi connectivity index (χ1) is 9.65. The summed E-state index contributed by atoms with van der Waals surface area (Å²) in [6, 6.07) is 8.68. The van der Waals surface area contributed by atoms with E-state index in [1.54, 1.807) is 0 Å². The smallest absolute Gasteiger partial charge is 0.188 e. The highest BCUT2D eigenvalue weighted by Gasteiger charge is 2.14. The van der Waals surface area contributed by atoms with E-state index in [0.717, 1.165) is 38.2 Å². The van der Waals surface area contributed by atoms with Gasteiger partial charge in [0.1, 0.15) is 0 Å². The average Bonchev–Trinajstić information content (AvgIpc) is 2.45. The highest BCUT2D eigenvalue weighted by atomic mass is 15.2. The Morgan fingerprint density at radius 1 is 1.40 bits per heavy atom. The third-order valence-electron chi connectivity index (χ3n) is 3.46. The van der Waals surface area contributed by atoms with Crippen molar-refractivity contribution in [1.29, 1.82) is 0 Å². The Hall–Kier alpha value is -1.81. The van der Waals surface area contributed by atoms with Crippen LogP contribution in [0.1, 0.15) is 18.1 Å². The molecule has 1 aliphatic heterocycles. The van der Waals surface area contributed by atoms with Gasteiger partial charge < -0.3 is 11.1 Å². The van der Waals surface area contributed by atoms with Gasteiger partial charge in [-0.1, -0.05) is 36.4 Å². The number of fused-ring (bicyclic) bond motifs is 1. The number of hydrogen-bond donors (Lipinski definition) is 2. The number of nitrogens with one attached hydrogen (secondary N) is 1. The monoisotopic (exact) mass is 272 g/mol. The van der Waals surface area contributed by atoms with Gasteiger partial charge >= 0.3 is 0 Å². The van der Waals surface area contributed by atoms with Gasteiger partial charge in [-0.2, -0.15) is 0 Å². The van der Waals surface area contributed by atoms with E-state index in [2.05, 4.69) is 46.1 Å². The van der Waals surface area contributed by atoms with E-state index in [9.17, 15) is 0 Å². The molecule has 0 saturated carbocycles. The van der Waals surface area contributed by atoms with Gasteiger partial charge in [-0.05, 0) is 24.5 Å². The zero-order valence-electron chi connectivity index (χ0n) is 12.2. The predicted molar refractivity (Wildman–Crippen MR) is 84.7 cm³/mol. The molecule has 0 amide bonds. The summed E-state index contributed by atoms with van der Waals surface area (Å²) in [7, 11) is 0. The van der Waals surface area contributed by atoms with Gasteiger partial charge in [-0.25, -0.2) is 4.99 Å². The van der Waals surface area contributed by atoms with Crippen LogP contribution in [0.5, 0.6) is 0 Å². The van der Waals surface area contributed by atoms with Crippen molar-refractivity contribution in [3.05, 3.63) is 47.5 Å². The van der Waals surface area contributed by atoms with Crippen LogP contribution in [0.2, 0.25) is 0 Å². The van der Waals surface area contributed by atoms with Crippen LogP contribution in [-0.2, 0) is 13.0 Å². The maximum atomic E-state index is 5.79. The van der Waals surface area contributed by atoms with E-state index in [0.29, 0.717) is 12.5 Å². The molecule has 1 heterocycles. The van der Waals surface area contributed by atoms with Crippen LogP contribution in [0.15, 0.2) is 41.4 Å². The third kappa shape index (κ3) is 4.38. The lowest BCUT2D eigenvalue weighted by molar-refractivity contribution is 0.258. The first-order valence-corrected chi connectivity index (χ1v) is 7.12. The third-order valence-corrected chi connectivity index (χ3v) is 3.46. The molecule has 1 aromatic rings. The number of benzene rings is 1. The maximum Gasteiger partial charge on any atom is 0.188 e. The van der Waals surface area contributed by atoms with E-state index >= 15 is 0 Å². The van der Waals surface area contributed by atoms with Gasteiger partial charge in [0.25, 0.3) is 0 Å². The summed E-state index contributed by atoms with van der Waals surface area (Å²) < 4.78 is 0. The molecule has 108 valence electrons. The van der Waals surface area contributed by atoms with Crippen LogP contribution in [0.25, 0.3) is 0 Å². The molecule has 4 nitrogen and oxygen atoms in total. The molecule has 0 bridgehead atoms. The minimum atomic E-state index is 0.505.